The van der Waals surface area contributed by atoms with Crippen molar-refractivity contribution in [2.45, 2.75) is 55.7 Å². The van der Waals surface area contributed by atoms with Gasteiger partial charge in [-0.2, -0.15) is 13.2 Å². The normalized spacial score (nSPS) is 22.4. The lowest BCUT2D eigenvalue weighted by Gasteiger charge is -2.49. The monoisotopic (exact) mass is 743 g/mol. The van der Waals surface area contributed by atoms with Gasteiger partial charge in [0.05, 0.1) is 6.42 Å². The summed E-state index contributed by atoms with van der Waals surface area (Å²) in [5, 5.41) is 23.8. The molecule has 2 atom stereocenters. The molecule has 17 nitrogen and oxygen atoms in total. The third-order valence-electron chi connectivity index (χ3n) is 8.29. The van der Waals surface area contributed by atoms with Crippen molar-refractivity contribution in [3.8, 4) is 0 Å². The van der Waals surface area contributed by atoms with Crippen molar-refractivity contribution in [2.24, 2.45) is 5.16 Å². The maximum atomic E-state index is 13.5. The Balaban J connectivity index is 1.33. The SMILES string of the molecule is Nc1nc(/C(=N/O)C(=O)N[C@@H]2C(=O)N3C(C(=O)OC(=O)C(F)(F)F)=C(/C=C4\CCN(C5CCN(C(=O)CCC(=O)O)CC5)C4=O)CS[C@H]23)cs1. The number of β-lactam (4-membered cyclic amide) rings is 1. The molecule has 5 rings (SSSR count). The van der Waals surface area contributed by atoms with Gasteiger partial charge in [-0.05, 0) is 30.9 Å². The number of aliphatic carboxylic acids is 1. The number of nitrogens with two attached hydrogens (primary N) is 1. The predicted octanol–water partition coefficient (Wildman–Crippen LogP) is 0.204. The summed E-state index contributed by atoms with van der Waals surface area (Å²) in [5.74, 6) is -8.60. The molecule has 1 aromatic heterocycles. The van der Waals surface area contributed by atoms with Crippen LogP contribution in [0.3, 0.4) is 0 Å². The number of allylic oxidation sites excluding steroid dienone is 1. The summed E-state index contributed by atoms with van der Waals surface area (Å²) in [4.78, 5) is 95.0. The van der Waals surface area contributed by atoms with Crippen LogP contribution in [0.15, 0.2) is 33.5 Å². The molecule has 4 amide bonds. The lowest BCUT2D eigenvalue weighted by atomic mass is 10.0. The van der Waals surface area contributed by atoms with Gasteiger partial charge in [0.1, 0.15) is 22.8 Å². The van der Waals surface area contributed by atoms with Crippen LogP contribution in [0.1, 0.15) is 37.8 Å². The van der Waals surface area contributed by atoms with Gasteiger partial charge in [0.15, 0.2) is 10.8 Å². The van der Waals surface area contributed by atoms with Crippen LogP contribution < -0.4 is 11.1 Å². The number of alkyl halides is 3. The quantitative estimate of drug-likeness (QED) is 0.0504. The number of hydrogen-bond acceptors (Lipinski definition) is 14. The Kier molecular flexibility index (Phi) is 10.5. The van der Waals surface area contributed by atoms with Crippen LogP contribution >= 0.6 is 23.1 Å². The molecule has 0 radical (unpaired) electrons. The second-order valence-electron chi connectivity index (χ2n) is 11.4. The number of carbonyl (C=O) groups is 7. The summed E-state index contributed by atoms with van der Waals surface area (Å²) in [7, 11) is 0. The van der Waals surface area contributed by atoms with Crippen molar-refractivity contribution in [2.75, 3.05) is 31.1 Å². The van der Waals surface area contributed by atoms with E-state index in [-0.39, 0.29) is 65.5 Å². The number of hydrogen-bond donors (Lipinski definition) is 4. The third kappa shape index (κ3) is 7.44. The van der Waals surface area contributed by atoms with Crippen molar-refractivity contribution in [3.05, 3.63) is 34.0 Å². The number of nitrogens with one attached hydrogen (secondary N) is 1. The van der Waals surface area contributed by atoms with Crippen LogP contribution in [0.4, 0.5) is 18.3 Å². The Morgan fingerprint density at radius 2 is 1.84 bits per heavy atom. The molecule has 4 aliphatic heterocycles. The van der Waals surface area contributed by atoms with E-state index in [1.807, 2.05) is 0 Å². The molecule has 1 aromatic rings. The maximum Gasteiger partial charge on any atom is 0.491 e. The van der Waals surface area contributed by atoms with E-state index in [4.69, 9.17) is 10.8 Å². The Labute approximate surface area is 287 Å². The first-order chi connectivity index (χ1) is 23.6. The molecule has 3 fully saturated rings. The average molecular weight is 744 g/mol. The third-order valence-corrected chi connectivity index (χ3v) is 10.3. The first-order valence-corrected chi connectivity index (χ1v) is 16.8. The number of carboxylic acid groups (broad SMARTS) is 1. The second kappa shape index (κ2) is 14.5. The van der Waals surface area contributed by atoms with E-state index < -0.39 is 64.6 Å². The molecule has 0 saturated carbocycles. The van der Waals surface area contributed by atoms with E-state index in [9.17, 15) is 51.9 Å². The fraction of sp³-hybridized carbons (Fsp3) is 0.464. The number of likely N-dealkylation sites (tertiary alicyclic amines) is 2. The topological polar surface area (TPSA) is 242 Å². The number of carbonyl (C=O) groups excluding carboxylic acids is 6. The van der Waals surface area contributed by atoms with Crippen molar-refractivity contribution >= 4 is 75.5 Å². The number of esters is 2. The highest BCUT2D eigenvalue weighted by Gasteiger charge is 2.55. The molecule has 4 aliphatic rings. The van der Waals surface area contributed by atoms with E-state index in [1.54, 1.807) is 4.90 Å². The minimum Gasteiger partial charge on any atom is -0.481 e. The zero-order chi connectivity index (χ0) is 36.5. The van der Waals surface area contributed by atoms with Gasteiger partial charge in [-0.1, -0.05) is 5.16 Å². The number of fused-ring (bicyclic) bond motifs is 1. The fourth-order valence-corrected chi connectivity index (χ4v) is 7.73. The highest BCUT2D eigenvalue weighted by Crippen LogP contribution is 2.42. The number of nitrogens with zero attached hydrogens (tertiary/aromatic N) is 5. The molecular formula is C28H28F3N7O10S2. The van der Waals surface area contributed by atoms with Crippen LogP contribution in [0.2, 0.25) is 0 Å². The van der Waals surface area contributed by atoms with E-state index in [2.05, 4.69) is 20.2 Å². The first-order valence-electron chi connectivity index (χ1n) is 14.9. The van der Waals surface area contributed by atoms with Crippen molar-refractivity contribution < 1.29 is 61.8 Å². The van der Waals surface area contributed by atoms with E-state index in [0.29, 0.717) is 25.9 Å². The molecule has 0 aromatic carbocycles. The average Bonchev–Trinajstić information content (AvgIpc) is 3.66. The summed E-state index contributed by atoms with van der Waals surface area (Å²) in [5.41, 5.74) is 4.28. The number of piperidine rings is 1. The Bertz CT molecular complexity index is 1740. The standard InChI is InChI=1S/C28H28F3N7O10S2/c29-28(30,31)26(46)48-25(45)20-13(9-12-3-8-37(22(12)43)14-4-6-36(7-5-14)16(39)1-2-17(40)41)10-49-24-19(23(44)38(20)24)34-21(42)18(35-47)15-11-50-27(32)33-15/h9,11,14,19,24,47H,1-8,10H2,(H2,32,33)(H,34,42)(H,40,41)/b12-9+,35-18-/t19-,24-/m1/s1. The molecule has 268 valence electrons. The molecule has 0 bridgehead atoms. The fourth-order valence-electron chi connectivity index (χ4n) is 5.88. The van der Waals surface area contributed by atoms with Crippen molar-refractivity contribution in [3.63, 3.8) is 0 Å². The van der Waals surface area contributed by atoms with Crippen LogP contribution in [-0.2, 0) is 38.3 Å². The number of nitrogen functional groups attached to an aromatic ring is 1. The summed E-state index contributed by atoms with van der Waals surface area (Å²) in [6.45, 7) is 0.862. The minimum atomic E-state index is -5.54. The largest absolute Gasteiger partial charge is 0.491 e. The van der Waals surface area contributed by atoms with Gasteiger partial charge < -0.3 is 35.9 Å². The van der Waals surface area contributed by atoms with Gasteiger partial charge in [-0.15, -0.1) is 23.1 Å². The van der Waals surface area contributed by atoms with Crippen LogP contribution in [-0.4, -0.2) is 126 Å². The summed E-state index contributed by atoms with van der Waals surface area (Å²) in [6, 6.07) is -1.61. The molecule has 0 aliphatic carbocycles. The number of anilines is 1. The van der Waals surface area contributed by atoms with Gasteiger partial charge >= 0.3 is 24.1 Å². The number of halogens is 3. The number of rotatable bonds is 9. The van der Waals surface area contributed by atoms with Gasteiger partial charge in [-0.3, -0.25) is 28.9 Å². The van der Waals surface area contributed by atoms with Crippen LogP contribution in [0.5, 0.6) is 0 Å². The predicted molar refractivity (Wildman–Crippen MR) is 165 cm³/mol. The van der Waals surface area contributed by atoms with Gasteiger partial charge in [-0.25, -0.2) is 14.6 Å². The molecule has 5 heterocycles. The number of oxime groups is 1. The maximum absolute atomic E-state index is 13.5. The van der Waals surface area contributed by atoms with Gasteiger partial charge in [0.25, 0.3) is 11.8 Å². The van der Waals surface area contributed by atoms with Crippen molar-refractivity contribution in [1.29, 1.82) is 0 Å². The lowest BCUT2D eigenvalue weighted by molar-refractivity contribution is -0.201. The summed E-state index contributed by atoms with van der Waals surface area (Å²) >= 11 is 1.94. The Morgan fingerprint density at radius 3 is 2.44 bits per heavy atom. The molecule has 0 unspecified atom stereocenters. The lowest BCUT2D eigenvalue weighted by Crippen LogP contribution is -2.71. The highest BCUT2D eigenvalue weighted by atomic mass is 32.2. The van der Waals surface area contributed by atoms with Gasteiger partial charge in [0.2, 0.25) is 11.8 Å². The van der Waals surface area contributed by atoms with E-state index in [1.165, 1.54) is 16.4 Å². The number of carboxylic acids is 1. The number of aromatic nitrogens is 1. The highest BCUT2D eigenvalue weighted by molar-refractivity contribution is 8.00. The summed E-state index contributed by atoms with van der Waals surface area (Å²) in [6.07, 6.45) is -3.69. The van der Waals surface area contributed by atoms with Gasteiger partial charge in [0, 0.05) is 48.8 Å². The number of amides is 4. The summed E-state index contributed by atoms with van der Waals surface area (Å²) < 4.78 is 43.1. The molecule has 0 spiro atoms. The zero-order valence-corrected chi connectivity index (χ0v) is 27.3. The Hall–Kier alpha value is -4.99. The smallest absolute Gasteiger partial charge is 0.481 e. The van der Waals surface area contributed by atoms with Crippen molar-refractivity contribution in [1.82, 2.24) is 25.0 Å². The first kappa shape index (κ1) is 36.3. The number of ether oxygens (including phenoxy) is 1. The zero-order valence-electron chi connectivity index (χ0n) is 25.7. The van der Waals surface area contributed by atoms with Crippen LogP contribution in [0.25, 0.3) is 0 Å². The van der Waals surface area contributed by atoms with E-state index >= 15 is 0 Å². The number of thiazole rings is 1. The van der Waals surface area contributed by atoms with Crippen LogP contribution in [0, 0.1) is 0 Å². The second-order valence-corrected chi connectivity index (χ2v) is 13.3. The molecule has 22 heteroatoms. The minimum absolute atomic E-state index is 0.0572. The molecule has 3 saturated heterocycles. The molecular weight excluding hydrogens is 715 g/mol. The molecule has 50 heavy (non-hydrogen) atoms. The molecule has 5 N–H and O–H groups in total. The van der Waals surface area contributed by atoms with E-state index in [0.717, 1.165) is 28.0 Å². The number of thioether (sulfide) groups is 1. The Morgan fingerprint density at radius 1 is 1.14 bits per heavy atom.